The van der Waals surface area contributed by atoms with E-state index in [1.54, 1.807) is 13.3 Å². The van der Waals surface area contributed by atoms with Gasteiger partial charge in [-0.05, 0) is 6.92 Å². The van der Waals surface area contributed by atoms with Crippen LogP contribution in [0.5, 0.6) is 0 Å². The summed E-state index contributed by atoms with van der Waals surface area (Å²) in [6, 6.07) is 0. The molecule has 0 aliphatic carbocycles. The van der Waals surface area contributed by atoms with Gasteiger partial charge in [-0.15, -0.1) is 0 Å². The van der Waals surface area contributed by atoms with Crippen LogP contribution in [0, 0.1) is 6.92 Å². The molecule has 0 aliphatic rings. The van der Waals surface area contributed by atoms with E-state index >= 15 is 0 Å². The van der Waals surface area contributed by atoms with E-state index in [9.17, 15) is 0 Å². The molecule has 0 saturated heterocycles. The van der Waals surface area contributed by atoms with E-state index in [1.165, 1.54) is 0 Å². The van der Waals surface area contributed by atoms with Crippen molar-refractivity contribution >= 4 is 5.95 Å². The summed E-state index contributed by atoms with van der Waals surface area (Å²) in [7, 11) is 3.59. The van der Waals surface area contributed by atoms with E-state index in [1.807, 2.05) is 18.9 Å². The predicted molar refractivity (Wildman–Crippen MR) is 59.8 cm³/mol. The number of anilines is 1. The Morgan fingerprint density at radius 1 is 1.53 bits per heavy atom. The van der Waals surface area contributed by atoms with Crippen molar-refractivity contribution in [3.05, 3.63) is 17.5 Å². The Bertz CT molecular complexity index is 316. The summed E-state index contributed by atoms with van der Waals surface area (Å²) in [6.45, 7) is 3.85. The van der Waals surface area contributed by atoms with Gasteiger partial charge in [0.25, 0.3) is 0 Å². The highest BCUT2D eigenvalue weighted by molar-refractivity contribution is 5.31. The van der Waals surface area contributed by atoms with Crippen molar-refractivity contribution in [2.24, 2.45) is 5.73 Å². The molecule has 1 heterocycles. The molecule has 0 aliphatic heterocycles. The monoisotopic (exact) mass is 210 g/mol. The normalized spacial score (nSPS) is 10.4. The molecule has 0 atom stereocenters. The van der Waals surface area contributed by atoms with Crippen LogP contribution in [0.15, 0.2) is 6.20 Å². The van der Waals surface area contributed by atoms with E-state index in [0.29, 0.717) is 19.1 Å². The topological polar surface area (TPSA) is 64.3 Å². The average Bonchev–Trinajstić information content (AvgIpc) is 2.21. The highest BCUT2D eigenvalue weighted by Gasteiger charge is 2.06. The van der Waals surface area contributed by atoms with Gasteiger partial charge in [0, 0.05) is 44.7 Å². The highest BCUT2D eigenvalue weighted by Crippen LogP contribution is 2.10. The molecule has 0 unspecified atom stereocenters. The molecule has 84 valence electrons. The first-order chi connectivity index (χ1) is 7.19. The molecule has 0 fully saturated rings. The second kappa shape index (κ2) is 5.63. The van der Waals surface area contributed by atoms with E-state index < -0.39 is 0 Å². The lowest BCUT2D eigenvalue weighted by Gasteiger charge is -2.16. The van der Waals surface area contributed by atoms with E-state index in [-0.39, 0.29) is 0 Å². The van der Waals surface area contributed by atoms with Gasteiger partial charge in [0.15, 0.2) is 0 Å². The first kappa shape index (κ1) is 11.9. The molecule has 0 radical (unpaired) electrons. The van der Waals surface area contributed by atoms with Crippen molar-refractivity contribution in [3.8, 4) is 0 Å². The third-order valence-electron chi connectivity index (χ3n) is 2.17. The molecular formula is C10H18N4O. The second-order valence-electron chi connectivity index (χ2n) is 3.42. The fraction of sp³-hybridized carbons (Fsp3) is 0.600. The fourth-order valence-electron chi connectivity index (χ4n) is 1.25. The minimum absolute atomic E-state index is 0.548. The number of likely N-dealkylation sites (N-methyl/N-ethyl adjacent to an activating group) is 1. The molecule has 5 heteroatoms. The van der Waals surface area contributed by atoms with Crippen LogP contribution in [0.25, 0.3) is 0 Å². The van der Waals surface area contributed by atoms with Crippen LogP contribution in [0.1, 0.15) is 11.3 Å². The number of nitrogens with two attached hydrogens (primary N) is 1. The quantitative estimate of drug-likeness (QED) is 0.758. The van der Waals surface area contributed by atoms with Crippen LogP contribution in [0.3, 0.4) is 0 Å². The number of rotatable bonds is 5. The van der Waals surface area contributed by atoms with Gasteiger partial charge in [-0.25, -0.2) is 9.97 Å². The minimum Gasteiger partial charge on any atom is -0.380 e. The average molecular weight is 210 g/mol. The van der Waals surface area contributed by atoms with Crippen LogP contribution in [0.4, 0.5) is 5.95 Å². The minimum atomic E-state index is 0.548. The second-order valence-corrected chi connectivity index (χ2v) is 3.42. The van der Waals surface area contributed by atoms with Crippen LogP contribution >= 0.6 is 0 Å². The third-order valence-corrected chi connectivity index (χ3v) is 2.17. The maximum absolute atomic E-state index is 5.47. The lowest BCUT2D eigenvalue weighted by atomic mass is 10.2. The zero-order chi connectivity index (χ0) is 11.3. The lowest BCUT2D eigenvalue weighted by molar-refractivity contribution is 0.183. The van der Waals surface area contributed by atoms with Crippen molar-refractivity contribution in [2.75, 3.05) is 32.1 Å². The van der Waals surface area contributed by atoms with E-state index in [0.717, 1.165) is 17.8 Å². The Kier molecular flexibility index (Phi) is 4.45. The molecule has 15 heavy (non-hydrogen) atoms. The fourth-order valence-corrected chi connectivity index (χ4v) is 1.25. The summed E-state index contributed by atoms with van der Waals surface area (Å²) in [4.78, 5) is 10.6. The Balaban J connectivity index is 2.81. The van der Waals surface area contributed by atoms with E-state index in [2.05, 4.69) is 9.97 Å². The number of nitrogens with zero attached hydrogens (tertiary/aromatic N) is 3. The third kappa shape index (κ3) is 3.14. The van der Waals surface area contributed by atoms with Crippen molar-refractivity contribution < 1.29 is 4.74 Å². The first-order valence-corrected chi connectivity index (χ1v) is 4.91. The van der Waals surface area contributed by atoms with Gasteiger partial charge in [-0.1, -0.05) is 0 Å². The first-order valence-electron chi connectivity index (χ1n) is 4.91. The molecule has 5 nitrogen and oxygen atoms in total. The Morgan fingerprint density at radius 2 is 2.27 bits per heavy atom. The molecule has 0 spiro atoms. The summed E-state index contributed by atoms with van der Waals surface area (Å²) < 4.78 is 5.04. The van der Waals surface area contributed by atoms with Gasteiger partial charge in [0.1, 0.15) is 0 Å². The Labute approximate surface area is 90.3 Å². The van der Waals surface area contributed by atoms with E-state index in [4.69, 9.17) is 10.5 Å². The van der Waals surface area contributed by atoms with Crippen LogP contribution in [-0.2, 0) is 11.3 Å². The van der Waals surface area contributed by atoms with Crippen LogP contribution < -0.4 is 10.6 Å². The van der Waals surface area contributed by atoms with Crippen molar-refractivity contribution in [3.63, 3.8) is 0 Å². The van der Waals surface area contributed by atoms with Gasteiger partial charge >= 0.3 is 0 Å². The summed E-state index contributed by atoms with van der Waals surface area (Å²) in [5.41, 5.74) is 7.43. The standard InChI is InChI=1S/C10H18N4O/c1-8-9(7-15-3)6-12-10(13-8)14(2)5-4-11/h6H,4-5,7,11H2,1-3H3. The van der Waals surface area contributed by atoms with Gasteiger partial charge in [-0.2, -0.15) is 0 Å². The molecule has 1 aromatic rings. The maximum Gasteiger partial charge on any atom is 0.225 e. The summed E-state index contributed by atoms with van der Waals surface area (Å²) in [5, 5.41) is 0. The lowest BCUT2D eigenvalue weighted by Crippen LogP contribution is -2.27. The Hall–Kier alpha value is -1.20. The zero-order valence-corrected chi connectivity index (χ0v) is 9.53. The number of methoxy groups -OCH3 is 1. The zero-order valence-electron chi connectivity index (χ0n) is 9.53. The summed E-state index contributed by atoms with van der Waals surface area (Å²) >= 11 is 0. The molecule has 0 aromatic carbocycles. The van der Waals surface area contributed by atoms with Crippen molar-refractivity contribution in [1.82, 2.24) is 9.97 Å². The highest BCUT2D eigenvalue weighted by atomic mass is 16.5. The number of aromatic nitrogens is 2. The smallest absolute Gasteiger partial charge is 0.225 e. The maximum atomic E-state index is 5.47. The summed E-state index contributed by atoms with van der Waals surface area (Å²) in [6.07, 6.45) is 1.80. The summed E-state index contributed by atoms with van der Waals surface area (Å²) in [5.74, 6) is 0.706. The van der Waals surface area contributed by atoms with Crippen LogP contribution in [-0.4, -0.2) is 37.2 Å². The molecule has 1 aromatic heterocycles. The molecule has 0 saturated carbocycles. The van der Waals surface area contributed by atoms with Gasteiger partial charge < -0.3 is 15.4 Å². The molecule has 1 rings (SSSR count). The van der Waals surface area contributed by atoms with Crippen molar-refractivity contribution in [2.45, 2.75) is 13.5 Å². The largest absolute Gasteiger partial charge is 0.380 e. The van der Waals surface area contributed by atoms with Gasteiger partial charge in [0.05, 0.1) is 6.61 Å². The van der Waals surface area contributed by atoms with Gasteiger partial charge in [-0.3, -0.25) is 0 Å². The molecule has 0 bridgehead atoms. The van der Waals surface area contributed by atoms with Crippen LogP contribution in [0.2, 0.25) is 0 Å². The SMILES string of the molecule is COCc1cnc(N(C)CCN)nc1C. The number of ether oxygens (including phenoxy) is 1. The Morgan fingerprint density at radius 3 is 2.80 bits per heavy atom. The molecule has 0 amide bonds. The predicted octanol–water partition coefficient (Wildman–Crippen LogP) is 0.326. The van der Waals surface area contributed by atoms with Crippen molar-refractivity contribution in [1.29, 1.82) is 0 Å². The van der Waals surface area contributed by atoms with Gasteiger partial charge in [0.2, 0.25) is 5.95 Å². The molecule has 2 N–H and O–H groups in total. The number of hydrogen-bond donors (Lipinski definition) is 1. The number of hydrogen-bond acceptors (Lipinski definition) is 5. The number of aryl methyl sites for hydroxylation is 1. The molecular weight excluding hydrogens is 192 g/mol.